The molecule has 1 fully saturated rings. The maximum atomic E-state index is 11.5. The number of aromatic amines is 1. The Morgan fingerprint density at radius 3 is 2.45 bits per heavy atom. The molecular formula is C27H42N3O3. The smallest absolute Gasteiger partial charge is 0.248 e. The Kier molecular flexibility index (Phi) is 9.78. The molecule has 1 saturated heterocycles. The second-order valence-corrected chi connectivity index (χ2v) is 10.1. The number of pyridine rings is 1. The minimum Gasteiger partial charge on any atom is -0.506 e. The van der Waals surface area contributed by atoms with Gasteiger partial charge in [-0.3, -0.25) is 4.79 Å². The Balaban J connectivity index is 1.22. The highest BCUT2D eigenvalue weighted by Crippen LogP contribution is 2.30. The second kappa shape index (κ2) is 12.5. The molecule has 1 aliphatic heterocycles. The molecule has 6 heteroatoms. The molecule has 183 valence electrons. The number of unbranched alkanes of at least 4 members (excludes halogenated alkanes) is 6. The summed E-state index contributed by atoms with van der Waals surface area (Å²) in [5.74, 6) is 0.0136. The summed E-state index contributed by atoms with van der Waals surface area (Å²) < 4.78 is 0. The zero-order valence-corrected chi connectivity index (χ0v) is 20.2. The molecule has 33 heavy (non-hydrogen) atoms. The van der Waals surface area contributed by atoms with E-state index in [1.54, 1.807) is 12.1 Å². The van der Waals surface area contributed by atoms with E-state index in [1.165, 1.54) is 83.1 Å². The molecule has 0 bridgehead atoms. The van der Waals surface area contributed by atoms with Crippen LogP contribution >= 0.6 is 0 Å². The number of aliphatic hydroxyl groups excluding tert-OH is 1. The van der Waals surface area contributed by atoms with Gasteiger partial charge >= 0.3 is 0 Å². The standard InChI is InChI=1S/C27H42N3O3/c1-27(2)14-18-30(19-15-27)17-9-7-5-3-4-6-8-16-28-20-24(32)21-10-12-23(31)26-22(21)11-13-25(33)29-26/h10-13,24,28,31-32H,1,3-9,14-20H2,2H3,(H,29,33)/t24-/m0/s1. The molecule has 0 saturated carbocycles. The first-order valence-electron chi connectivity index (χ1n) is 12.7. The lowest BCUT2D eigenvalue weighted by Crippen LogP contribution is -2.37. The second-order valence-electron chi connectivity index (χ2n) is 10.1. The van der Waals surface area contributed by atoms with Gasteiger partial charge in [0.15, 0.2) is 0 Å². The Morgan fingerprint density at radius 1 is 1.06 bits per heavy atom. The van der Waals surface area contributed by atoms with Gasteiger partial charge in [-0.15, -0.1) is 0 Å². The first-order chi connectivity index (χ1) is 15.9. The van der Waals surface area contributed by atoms with Crippen molar-refractivity contribution >= 4 is 10.9 Å². The fraction of sp³-hybridized carbons (Fsp3) is 0.630. The number of phenolic OH excluding ortho intramolecular Hbond substituents is 1. The molecule has 1 atom stereocenters. The quantitative estimate of drug-likeness (QED) is 0.333. The lowest BCUT2D eigenvalue weighted by atomic mass is 9.82. The van der Waals surface area contributed by atoms with Crippen LogP contribution in [0.25, 0.3) is 10.9 Å². The maximum Gasteiger partial charge on any atom is 0.248 e. The number of aromatic nitrogens is 1. The van der Waals surface area contributed by atoms with E-state index < -0.39 is 6.10 Å². The van der Waals surface area contributed by atoms with Crippen molar-refractivity contribution in [3.8, 4) is 5.75 Å². The van der Waals surface area contributed by atoms with Crippen LogP contribution in [-0.4, -0.2) is 52.8 Å². The first-order valence-corrected chi connectivity index (χ1v) is 12.7. The van der Waals surface area contributed by atoms with Crippen LogP contribution in [0.2, 0.25) is 0 Å². The number of fused-ring (bicyclic) bond motifs is 1. The summed E-state index contributed by atoms with van der Waals surface area (Å²) in [5.41, 5.74) is 1.10. The summed E-state index contributed by atoms with van der Waals surface area (Å²) in [6.07, 6.45) is 10.6. The summed E-state index contributed by atoms with van der Waals surface area (Å²) in [6, 6.07) is 6.29. The van der Waals surface area contributed by atoms with E-state index in [4.69, 9.17) is 0 Å². The molecule has 1 aromatic carbocycles. The highest BCUT2D eigenvalue weighted by Gasteiger charge is 2.24. The van der Waals surface area contributed by atoms with E-state index >= 15 is 0 Å². The molecule has 6 nitrogen and oxygen atoms in total. The molecule has 1 aliphatic rings. The third-order valence-corrected chi connectivity index (χ3v) is 6.99. The van der Waals surface area contributed by atoms with Crippen LogP contribution in [0, 0.1) is 12.3 Å². The van der Waals surface area contributed by atoms with E-state index in [-0.39, 0.29) is 11.3 Å². The normalized spacial score (nSPS) is 17.4. The fourth-order valence-corrected chi connectivity index (χ4v) is 4.68. The monoisotopic (exact) mass is 456 g/mol. The van der Waals surface area contributed by atoms with Crippen LogP contribution in [0.1, 0.15) is 76.4 Å². The van der Waals surface area contributed by atoms with Crippen molar-refractivity contribution in [3.05, 3.63) is 47.1 Å². The van der Waals surface area contributed by atoms with Crippen molar-refractivity contribution in [2.75, 3.05) is 32.7 Å². The number of aliphatic hydroxyl groups is 1. The van der Waals surface area contributed by atoms with Gasteiger partial charge in [0, 0.05) is 18.0 Å². The van der Waals surface area contributed by atoms with Crippen molar-refractivity contribution in [1.29, 1.82) is 0 Å². The van der Waals surface area contributed by atoms with E-state index in [0.717, 1.165) is 13.0 Å². The lowest BCUT2D eigenvalue weighted by molar-refractivity contribution is 0.148. The van der Waals surface area contributed by atoms with Crippen LogP contribution in [0.5, 0.6) is 5.75 Å². The molecule has 0 aliphatic carbocycles. The average molecular weight is 457 g/mol. The predicted molar refractivity (Wildman–Crippen MR) is 136 cm³/mol. The van der Waals surface area contributed by atoms with Crippen molar-refractivity contribution in [2.45, 2.75) is 70.8 Å². The average Bonchev–Trinajstić information content (AvgIpc) is 2.79. The van der Waals surface area contributed by atoms with E-state index in [9.17, 15) is 15.0 Å². The number of aromatic hydroxyl groups is 1. The van der Waals surface area contributed by atoms with Crippen LogP contribution in [0.4, 0.5) is 0 Å². The van der Waals surface area contributed by atoms with E-state index in [1.807, 2.05) is 0 Å². The third-order valence-electron chi connectivity index (χ3n) is 6.99. The summed E-state index contributed by atoms with van der Waals surface area (Å²) in [7, 11) is 0. The van der Waals surface area contributed by atoms with Gasteiger partial charge in [-0.25, -0.2) is 0 Å². The molecule has 4 N–H and O–H groups in total. The van der Waals surface area contributed by atoms with Gasteiger partial charge in [0.05, 0.1) is 11.6 Å². The lowest BCUT2D eigenvalue weighted by Gasteiger charge is -2.36. The fourth-order valence-electron chi connectivity index (χ4n) is 4.68. The Bertz CT molecular complexity index is 914. The van der Waals surface area contributed by atoms with Crippen LogP contribution in [0.15, 0.2) is 29.1 Å². The van der Waals surface area contributed by atoms with E-state index in [0.29, 0.717) is 28.4 Å². The van der Waals surface area contributed by atoms with Gasteiger partial charge in [0.1, 0.15) is 5.75 Å². The summed E-state index contributed by atoms with van der Waals surface area (Å²) >= 11 is 0. The highest BCUT2D eigenvalue weighted by atomic mass is 16.3. The number of benzene rings is 1. The molecular weight excluding hydrogens is 414 g/mol. The number of rotatable bonds is 13. The molecule has 0 amide bonds. The number of hydrogen-bond acceptors (Lipinski definition) is 5. The highest BCUT2D eigenvalue weighted by molar-refractivity contribution is 5.87. The van der Waals surface area contributed by atoms with Gasteiger partial charge in [-0.1, -0.05) is 45.1 Å². The topological polar surface area (TPSA) is 88.6 Å². The summed E-state index contributed by atoms with van der Waals surface area (Å²) in [4.78, 5) is 16.8. The molecule has 2 heterocycles. The molecule has 0 unspecified atom stereocenters. The zero-order valence-electron chi connectivity index (χ0n) is 20.2. The van der Waals surface area contributed by atoms with Gasteiger partial charge in [0.25, 0.3) is 0 Å². The Labute approximate surface area is 198 Å². The summed E-state index contributed by atoms with van der Waals surface area (Å²) in [5, 5.41) is 24.6. The Morgan fingerprint density at radius 2 is 1.73 bits per heavy atom. The molecule has 0 spiro atoms. The first kappa shape index (κ1) is 25.7. The van der Waals surface area contributed by atoms with Crippen molar-refractivity contribution < 1.29 is 10.2 Å². The maximum absolute atomic E-state index is 11.5. The number of phenols is 1. The third kappa shape index (κ3) is 8.13. The largest absolute Gasteiger partial charge is 0.506 e. The van der Waals surface area contributed by atoms with Gasteiger partial charge in [0.2, 0.25) is 5.56 Å². The van der Waals surface area contributed by atoms with Crippen LogP contribution in [0.3, 0.4) is 0 Å². The van der Waals surface area contributed by atoms with Crippen molar-refractivity contribution in [3.63, 3.8) is 0 Å². The van der Waals surface area contributed by atoms with Crippen LogP contribution < -0.4 is 10.9 Å². The number of piperidine rings is 1. The van der Waals surface area contributed by atoms with Crippen molar-refractivity contribution in [1.82, 2.24) is 15.2 Å². The molecule has 1 aromatic heterocycles. The number of likely N-dealkylation sites (tertiary alicyclic amines) is 1. The number of H-pyrrole nitrogens is 1. The minimum atomic E-state index is -0.693. The summed E-state index contributed by atoms with van der Waals surface area (Å²) in [6.45, 7) is 11.6. The van der Waals surface area contributed by atoms with E-state index in [2.05, 4.69) is 29.0 Å². The van der Waals surface area contributed by atoms with Gasteiger partial charge < -0.3 is 25.4 Å². The number of hydrogen-bond donors (Lipinski definition) is 4. The SMILES string of the molecule is [CH2]C1(C)CCN(CCCCCCCCCNC[C@H](O)c2ccc(O)c3[nH]c(=O)ccc23)CC1. The zero-order chi connectivity index (χ0) is 23.7. The predicted octanol–water partition coefficient (Wildman–Crippen LogP) is 4.52. The minimum absolute atomic E-state index is 0.0136. The molecule has 1 radical (unpaired) electrons. The Hall–Kier alpha value is -1.89. The molecule has 2 aromatic rings. The number of nitrogens with one attached hydrogen (secondary N) is 2. The van der Waals surface area contributed by atoms with Gasteiger partial charge in [-0.05, 0) is 81.9 Å². The van der Waals surface area contributed by atoms with Gasteiger partial charge in [-0.2, -0.15) is 0 Å². The number of nitrogens with zero attached hydrogens (tertiary/aromatic N) is 1. The van der Waals surface area contributed by atoms with Crippen LogP contribution in [-0.2, 0) is 0 Å². The molecule has 3 rings (SSSR count). The van der Waals surface area contributed by atoms with Crippen molar-refractivity contribution in [2.24, 2.45) is 5.41 Å².